The number of halogens is 1. The van der Waals surface area contributed by atoms with Gasteiger partial charge in [-0.15, -0.1) is 0 Å². The molecule has 126 valence electrons. The molecule has 0 fully saturated rings. The van der Waals surface area contributed by atoms with E-state index < -0.39 is 17.7 Å². The molecule has 2 aromatic rings. The van der Waals surface area contributed by atoms with Gasteiger partial charge in [0, 0.05) is 11.6 Å². The van der Waals surface area contributed by atoms with Gasteiger partial charge in [0.1, 0.15) is 17.5 Å². The molecule has 0 aliphatic heterocycles. The molecular formula is C16H22BrN3O3. The quantitative estimate of drug-likeness (QED) is 0.838. The molecule has 23 heavy (non-hydrogen) atoms. The van der Waals surface area contributed by atoms with Crippen LogP contribution in [0.1, 0.15) is 39.6 Å². The van der Waals surface area contributed by atoms with Gasteiger partial charge in [-0.3, -0.25) is 0 Å². The van der Waals surface area contributed by atoms with E-state index in [4.69, 9.17) is 9.47 Å². The number of methoxy groups -OCH3 is 1. The molecule has 2 N–H and O–H groups in total. The number of fused-ring (bicyclic) bond motifs is 1. The normalized spacial score (nSPS) is 14.5. The van der Waals surface area contributed by atoms with E-state index in [0.717, 1.165) is 15.5 Å². The van der Waals surface area contributed by atoms with Crippen LogP contribution in [0.25, 0.3) is 11.0 Å². The van der Waals surface area contributed by atoms with Gasteiger partial charge in [-0.1, -0.05) is 15.9 Å². The number of alkyl carbamates (subject to hydrolysis) is 1. The van der Waals surface area contributed by atoms with Crippen LogP contribution in [0, 0.1) is 0 Å². The number of imidazole rings is 1. The van der Waals surface area contributed by atoms with E-state index in [0.29, 0.717) is 5.82 Å². The maximum atomic E-state index is 12.1. The van der Waals surface area contributed by atoms with Gasteiger partial charge >= 0.3 is 6.09 Å². The Morgan fingerprint density at radius 1 is 1.39 bits per heavy atom. The van der Waals surface area contributed by atoms with Crippen molar-refractivity contribution < 1.29 is 14.3 Å². The van der Waals surface area contributed by atoms with Gasteiger partial charge in [-0.2, -0.15) is 0 Å². The lowest BCUT2D eigenvalue weighted by Gasteiger charge is -2.25. The number of nitrogens with one attached hydrogen (secondary N) is 2. The Balaban J connectivity index is 2.28. The van der Waals surface area contributed by atoms with E-state index in [1.807, 2.05) is 45.9 Å². The monoisotopic (exact) mass is 383 g/mol. The van der Waals surface area contributed by atoms with E-state index in [-0.39, 0.29) is 6.10 Å². The number of amides is 1. The molecular weight excluding hydrogens is 362 g/mol. The predicted octanol–water partition coefficient (Wildman–Crippen LogP) is 3.93. The SMILES string of the molecule is CO[C@H](C)[C@H](NC(=O)OC(C)(C)C)c1nc2ccc(Br)cc2[nH]1. The summed E-state index contributed by atoms with van der Waals surface area (Å²) in [5.41, 5.74) is 1.14. The van der Waals surface area contributed by atoms with Crippen molar-refractivity contribution in [2.45, 2.75) is 45.4 Å². The fourth-order valence-corrected chi connectivity index (χ4v) is 2.49. The van der Waals surface area contributed by atoms with Crippen molar-refractivity contribution in [3.05, 3.63) is 28.5 Å². The molecule has 2 atom stereocenters. The summed E-state index contributed by atoms with van der Waals surface area (Å²) in [6, 6.07) is 5.32. The van der Waals surface area contributed by atoms with Crippen LogP contribution in [-0.2, 0) is 9.47 Å². The molecule has 7 heteroatoms. The molecule has 0 bridgehead atoms. The Bertz CT molecular complexity index is 693. The second-order valence-corrected chi connectivity index (χ2v) is 7.26. The molecule has 0 aliphatic carbocycles. The van der Waals surface area contributed by atoms with Crippen LogP contribution in [0.2, 0.25) is 0 Å². The number of hydrogen-bond acceptors (Lipinski definition) is 4. The number of H-pyrrole nitrogens is 1. The molecule has 0 spiro atoms. The summed E-state index contributed by atoms with van der Waals surface area (Å²) in [7, 11) is 1.59. The number of carbonyl (C=O) groups excluding carboxylic acids is 1. The first-order valence-corrected chi connectivity index (χ1v) is 8.16. The first kappa shape index (κ1) is 17.7. The number of carbonyl (C=O) groups is 1. The molecule has 0 saturated heterocycles. The number of hydrogen-bond donors (Lipinski definition) is 2. The molecule has 2 rings (SSSR count). The van der Waals surface area contributed by atoms with Crippen molar-refractivity contribution in [2.75, 3.05) is 7.11 Å². The van der Waals surface area contributed by atoms with Gasteiger partial charge < -0.3 is 19.8 Å². The van der Waals surface area contributed by atoms with Crippen molar-refractivity contribution in [3.8, 4) is 0 Å². The third-order valence-corrected chi connectivity index (χ3v) is 3.76. The Hall–Kier alpha value is -1.60. The standard InChI is InChI=1S/C16H22BrN3O3/c1-9(22-5)13(20-15(21)23-16(2,3)4)14-18-11-7-6-10(17)8-12(11)19-14/h6-9,13H,1-5H3,(H,18,19)(H,20,21)/t9-,13+/m1/s1. The maximum Gasteiger partial charge on any atom is 0.408 e. The summed E-state index contributed by atoms with van der Waals surface area (Å²) in [5, 5.41) is 2.82. The van der Waals surface area contributed by atoms with Crippen LogP contribution in [0.5, 0.6) is 0 Å². The third-order valence-electron chi connectivity index (χ3n) is 3.27. The van der Waals surface area contributed by atoms with Crippen LogP contribution in [-0.4, -0.2) is 34.9 Å². The number of benzene rings is 1. The van der Waals surface area contributed by atoms with Crippen molar-refractivity contribution in [1.29, 1.82) is 0 Å². The van der Waals surface area contributed by atoms with Gasteiger partial charge in [-0.05, 0) is 45.9 Å². The number of ether oxygens (including phenoxy) is 2. The first-order chi connectivity index (χ1) is 10.7. The van der Waals surface area contributed by atoms with Crippen molar-refractivity contribution in [1.82, 2.24) is 15.3 Å². The fourth-order valence-electron chi connectivity index (χ4n) is 2.13. The summed E-state index contributed by atoms with van der Waals surface area (Å²) in [4.78, 5) is 19.9. The highest BCUT2D eigenvalue weighted by Crippen LogP contribution is 2.23. The third kappa shape index (κ3) is 4.68. The Labute approximate surface area is 144 Å². The number of aromatic nitrogens is 2. The average Bonchev–Trinajstić information content (AvgIpc) is 2.84. The van der Waals surface area contributed by atoms with E-state index in [1.54, 1.807) is 7.11 Å². The van der Waals surface area contributed by atoms with Gasteiger partial charge in [0.05, 0.1) is 17.1 Å². The summed E-state index contributed by atoms with van der Waals surface area (Å²) in [6.07, 6.45) is -0.778. The Morgan fingerprint density at radius 2 is 2.09 bits per heavy atom. The van der Waals surface area contributed by atoms with E-state index >= 15 is 0 Å². The lowest BCUT2D eigenvalue weighted by molar-refractivity contribution is 0.0361. The Morgan fingerprint density at radius 3 is 2.70 bits per heavy atom. The highest BCUT2D eigenvalue weighted by molar-refractivity contribution is 9.10. The van der Waals surface area contributed by atoms with E-state index in [9.17, 15) is 4.79 Å². The molecule has 0 radical (unpaired) electrons. The fraction of sp³-hybridized carbons (Fsp3) is 0.500. The van der Waals surface area contributed by atoms with Gasteiger partial charge in [0.15, 0.2) is 0 Å². The summed E-state index contributed by atoms with van der Waals surface area (Å²) in [5.74, 6) is 0.623. The number of nitrogens with zero attached hydrogens (tertiary/aromatic N) is 1. The predicted molar refractivity (Wildman–Crippen MR) is 92.4 cm³/mol. The molecule has 1 amide bonds. The molecule has 0 unspecified atom stereocenters. The maximum absolute atomic E-state index is 12.1. The van der Waals surface area contributed by atoms with Gasteiger partial charge in [0.2, 0.25) is 0 Å². The lowest BCUT2D eigenvalue weighted by Crippen LogP contribution is -2.40. The summed E-state index contributed by atoms with van der Waals surface area (Å²) in [6.45, 7) is 7.32. The minimum atomic E-state index is -0.566. The largest absolute Gasteiger partial charge is 0.444 e. The zero-order valence-electron chi connectivity index (χ0n) is 13.9. The first-order valence-electron chi connectivity index (χ1n) is 7.37. The number of aromatic amines is 1. The van der Waals surface area contributed by atoms with Gasteiger partial charge in [0.25, 0.3) is 0 Å². The van der Waals surface area contributed by atoms with Crippen LogP contribution in [0.4, 0.5) is 4.79 Å². The zero-order chi connectivity index (χ0) is 17.2. The molecule has 1 heterocycles. The van der Waals surface area contributed by atoms with E-state index in [1.165, 1.54) is 0 Å². The molecule has 1 aromatic heterocycles. The van der Waals surface area contributed by atoms with Crippen LogP contribution < -0.4 is 5.32 Å². The summed E-state index contributed by atoms with van der Waals surface area (Å²) < 4.78 is 11.7. The number of rotatable bonds is 4. The second kappa shape index (κ2) is 6.88. The van der Waals surface area contributed by atoms with Crippen LogP contribution in [0.15, 0.2) is 22.7 Å². The topological polar surface area (TPSA) is 76.2 Å². The minimum Gasteiger partial charge on any atom is -0.444 e. The molecule has 0 saturated carbocycles. The summed E-state index contributed by atoms with van der Waals surface area (Å²) >= 11 is 3.43. The zero-order valence-corrected chi connectivity index (χ0v) is 15.5. The highest BCUT2D eigenvalue weighted by Gasteiger charge is 2.27. The average molecular weight is 384 g/mol. The lowest BCUT2D eigenvalue weighted by atomic mass is 10.1. The van der Waals surface area contributed by atoms with Crippen molar-refractivity contribution in [3.63, 3.8) is 0 Å². The Kier molecular flexibility index (Phi) is 5.31. The molecule has 1 aromatic carbocycles. The van der Waals surface area contributed by atoms with Crippen molar-refractivity contribution in [2.24, 2.45) is 0 Å². The molecule has 6 nitrogen and oxygen atoms in total. The smallest absolute Gasteiger partial charge is 0.408 e. The van der Waals surface area contributed by atoms with Crippen LogP contribution in [0.3, 0.4) is 0 Å². The minimum absolute atomic E-state index is 0.272. The molecule has 0 aliphatic rings. The highest BCUT2D eigenvalue weighted by atomic mass is 79.9. The van der Waals surface area contributed by atoms with E-state index in [2.05, 4.69) is 31.2 Å². The van der Waals surface area contributed by atoms with Crippen molar-refractivity contribution >= 4 is 33.1 Å². The van der Waals surface area contributed by atoms with Gasteiger partial charge in [-0.25, -0.2) is 9.78 Å². The second-order valence-electron chi connectivity index (χ2n) is 6.35. The van der Waals surface area contributed by atoms with Crippen LogP contribution >= 0.6 is 15.9 Å².